The summed E-state index contributed by atoms with van der Waals surface area (Å²) in [6.07, 6.45) is 1.29. The molecule has 0 bridgehead atoms. The first-order valence-corrected chi connectivity index (χ1v) is 10.0. The molecule has 0 unspecified atom stereocenters. The number of amides is 1. The first-order valence-electron chi connectivity index (χ1n) is 7.76. The van der Waals surface area contributed by atoms with Gasteiger partial charge in [0.2, 0.25) is 11.8 Å². The average Bonchev–Trinajstić information content (AvgIpc) is 2.65. The largest absolute Gasteiger partial charge is 0.439 e. The van der Waals surface area contributed by atoms with E-state index in [0.29, 0.717) is 11.3 Å². The molecule has 28 heavy (non-hydrogen) atoms. The number of nitrogens with one attached hydrogen (secondary N) is 1. The van der Waals surface area contributed by atoms with Gasteiger partial charge in [-0.2, -0.15) is 0 Å². The van der Waals surface area contributed by atoms with Crippen molar-refractivity contribution in [3.63, 3.8) is 0 Å². The highest BCUT2D eigenvalue weighted by Gasteiger charge is 2.16. The first kappa shape index (κ1) is 19.9. The van der Waals surface area contributed by atoms with Gasteiger partial charge in [0.1, 0.15) is 5.75 Å². The maximum atomic E-state index is 12.4. The Morgan fingerprint density at radius 3 is 2.46 bits per heavy atom. The zero-order valence-corrected chi connectivity index (χ0v) is 16.4. The normalized spacial score (nSPS) is 11.1. The number of hydrogen-bond acceptors (Lipinski definition) is 5. The van der Waals surface area contributed by atoms with E-state index in [1.165, 1.54) is 42.6 Å². The van der Waals surface area contributed by atoms with Crippen LogP contribution in [0, 0.1) is 0 Å². The van der Waals surface area contributed by atoms with Crippen molar-refractivity contribution in [3.05, 3.63) is 76.4 Å². The Morgan fingerprint density at radius 2 is 1.82 bits per heavy atom. The number of halogens is 2. The molecule has 0 aliphatic carbocycles. The van der Waals surface area contributed by atoms with Crippen LogP contribution in [0.5, 0.6) is 11.6 Å². The Hall–Kier alpha value is -2.81. The average molecular weight is 438 g/mol. The number of primary amides is 1. The Balaban J connectivity index is 1.74. The van der Waals surface area contributed by atoms with Crippen LogP contribution in [-0.2, 0) is 10.0 Å². The van der Waals surface area contributed by atoms with E-state index < -0.39 is 15.9 Å². The molecular formula is C18H13Cl2N3O4S. The summed E-state index contributed by atoms with van der Waals surface area (Å²) in [6, 6.07) is 13.2. The summed E-state index contributed by atoms with van der Waals surface area (Å²) in [5.41, 5.74) is 5.75. The Morgan fingerprint density at radius 1 is 1.04 bits per heavy atom. The standard InChI is InChI=1S/C18H13Cl2N3O4S/c19-15-6-5-14(9-16(15)20)28(25,26)23-12-4-7-17(22-10-12)27-13-3-1-2-11(8-13)18(21)24/h1-10,23H,(H2,21,24). The highest BCUT2D eigenvalue weighted by atomic mass is 35.5. The summed E-state index contributed by atoms with van der Waals surface area (Å²) in [4.78, 5) is 15.2. The number of sulfonamides is 1. The van der Waals surface area contributed by atoms with Crippen LogP contribution < -0.4 is 15.2 Å². The predicted molar refractivity (Wildman–Crippen MR) is 107 cm³/mol. The van der Waals surface area contributed by atoms with Gasteiger partial charge in [-0.15, -0.1) is 0 Å². The van der Waals surface area contributed by atoms with Crippen LogP contribution in [-0.4, -0.2) is 19.3 Å². The van der Waals surface area contributed by atoms with Gasteiger partial charge in [0.15, 0.2) is 0 Å². The van der Waals surface area contributed by atoms with Gasteiger partial charge in [-0.3, -0.25) is 9.52 Å². The van der Waals surface area contributed by atoms with Gasteiger partial charge in [0.05, 0.1) is 26.8 Å². The van der Waals surface area contributed by atoms with Gasteiger partial charge in [-0.1, -0.05) is 29.3 Å². The second kappa shape index (κ2) is 8.05. The molecule has 0 saturated heterocycles. The van der Waals surface area contributed by atoms with Crippen molar-refractivity contribution in [1.29, 1.82) is 0 Å². The summed E-state index contributed by atoms with van der Waals surface area (Å²) in [5.74, 6) is -0.00231. The minimum Gasteiger partial charge on any atom is -0.439 e. The number of hydrogen-bond donors (Lipinski definition) is 2. The fraction of sp³-hybridized carbons (Fsp3) is 0. The van der Waals surface area contributed by atoms with Gasteiger partial charge >= 0.3 is 0 Å². The zero-order valence-electron chi connectivity index (χ0n) is 14.1. The highest BCUT2D eigenvalue weighted by molar-refractivity contribution is 7.92. The van der Waals surface area contributed by atoms with Crippen molar-refractivity contribution >= 4 is 44.8 Å². The molecule has 1 heterocycles. The number of nitrogens with zero attached hydrogens (tertiary/aromatic N) is 1. The molecule has 3 N–H and O–H groups in total. The molecule has 1 aromatic heterocycles. The summed E-state index contributed by atoms with van der Waals surface area (Å²) in [7, 11) is -3.86. The number of benzene rings is 2. The Labute approximate surface area is 171 Å². The van der Waals surface area contributed by atoms with Crippen molar-refractivity contribution in [2.75, 3.05) is 4.72 Å². The third-order valence-electron chi connectivity index (χ3n) is 3.53. The minimum absolute atomic E-state index is 0.0366. The topological polar surface area (TPSA) is 111 Å². The van der Waals surface area contributed by atoms with Crippen molar-refractivity contribution < 1.29 is 17.9 Å². The smallest absolute Gasteiger partial charge is 0.261 e. The summed E-state index contributed by atoms with van der Waals surface area (Å²) in [5, 5.41) is 0.383. The van der Waals surface area contributed by atoms with Crippen molar-refractivity contribution in [2.45, 2.75) is 4.90 Å². The highest BCUT2D eigenvalue weighted by Crippen LogP contribution is 2.26. The van der Waals surface area contributed by atoms with Crippen molar-refractivity contribution in [2.24, 2.45) is 5.73 Å². The molecule has 0 saturated carbocycles. The van der Waals surface area contributed by atoms with Crippen LogP contribution in [0.4, 0.5) is 5.69 Å². The van der Waals surface area contributed by atoms with Crippen LogP contribution in [0.2, 0.25) is 10.0 Å². The number of anilines is 1. The van der Waals surface area contributed by atoms with E-state index in [2.05, 4.69) is 9.71 Å². The van der Waals surface area contributed by atoms with E-state index in [0.717, 1.165) is 0 Å². The van der Waals surface area contributed by atoms with Gasteiger partial charge in [0.25, 0.3) is 10.0 Å². The number of aromatic nitrogens is 1. The molecular weight excluding hydrogens is 425 g/mol. The molecule has 1 amide bonds. The van der Waals surface area contributed by atoms with E-state index in [1.54, 1.807) is 18.2 Å². The molecule has 7 nitrogen and oxygen atoms in total. The lowest BCUT2D eigenvalue weighted by Crippen LogP contribution is -2.13. The molecule has 3 rings (SSSR count). The molecule has 3 aromatic rings. The second-order valence-corrected chi connectivity index (χ2v) is 8.06. The number of nitrogens with two attached hydrogens (primary N) is 1. The molecule has 144 valence electrons. The molecule has 0 atom stereocenters. The second-order valence-electron chi connectivity index (χ2n) is 5.56. The van der Waals surface area contributed by atoms with E-state index >= 15 is 0 Å². The molecule has 10 heteroatoms. The quantitative estimate of drug-likeness (QED) is 0.603. The SMILES string of the molecule is NC(=O)c1cccc(Oc2ccc(NS(=O)(=O)c3ccc(Cl)c(Cl)c3)cn2)c1. The van der Waals surface area contributed by atoms with E-state index in [1.807, 2.05) is 0 Å². The Bertz CT molecular complexity index is 1140. The lowest BCUT2D eigenvalue weighted by atomic mass is 10.2. The van der Waals surface area contributed by atoms with E-state index in [9.17, 15) is 13.2 Å². The van der Waals surface area contributed by atoms with Gasteiger partial charge < -0.3 is 10.5 Å². The third kappa shape index (κ3) is 4.72. The Kier molecular flexibility index (Phi) is 5.73. The molecule has 0 aliphatic heterocycles. The van der Waals surface area contributed by atoms with Crippen LogP contribution in [0.15, 0.2) is 65.7 Å². The number of rotatable bonds is 6. The lowest BCUT2D eigenvalue weighted by molar-refractivity contribution is 0.1000. The van der Waals surface area contributed by atoms with Crippen LogP contribution in [0.25, 0.3) is 0 Å². The number of carbonyl (C=O) groups excluding carboxylic acids is 1. The van der Waals surface area contributed by atoms with Crippen molar-refractivity contribution in [1.82, 2.24) is 4.98 Å². The molecule has 0 spiro atoms. The molecule has 0 fully saturated rings. The predicted octanol–water partition coefficient (Wildman–Crippen LogP) is 4.08. The number of pyridine rings is 1. The zero-order chi connectivity index (χ0) is 20.3. The maximum absolute atomic E-state index is 12.4. The van der Waals surface area contributed by atoms with Gasteiger partial charge in [-0.05, 0) is 42.5 Å². The lowest BCUT2D eigenvalue weighted by Gasteiger charge is -2.10. The molecule has 2 aromatic carbocycles. The first-order chi connectivity index (χ1) is 13.2. The van der Waals surface area contributed by atoms with Crippen LogP contribution >= 0.6 is 23.2 Å². The van der Waals surface area contributed by atoms with Crippen molar-refractivity contribution in [3.8, 4) is 11.6 Å². The summed E-state index contributed by atoms with van der Waals surface area (Å²) in [6.45, 7) is 0. The fourth-order valence-corrected chi connectivity index (χ4v) is 3.62. The third-order valence-corrected chi connectivity index (χ3v) is 5.65. The summed E-state index contributed by atoms with van der Waals surface area (Å²) >= 11 is 11.7. The monoisotopic (exact) mass is 437 g/mol. The molecule has 0 radical (unpaired) electrons. The minimum atomic E-state index is -3.86. The maximum Gasteiger partial charge on any atom is 0.261 e. The van der Waals surface area contributed by atoms with E-state index in [-0.39, 0.29) is 26.5 Å². The number of carbonyl (C=O) groups is 1. The fourth-order valence-electron chi connectivity index (χ4n) is 2.19. The van der Waals surface area contributed by atoms with Crippen LogP contribution in [0.1, 0.15) is 10.4 Å². The van der Waals surface area contributed by atoms with Crippen LogP contribution in [0.3, 0.4) is 0 Å². The van der Waals surface area contributed by atoms with E-state index in [4.69, 9.17) is 33.7 Å². The van der Waals surface area contributed by atoms with Gasteiger partial charge in [0, 0.05) is 11.6 Å². The number of ether oxygens (including phenoxy) is 1. The summed E-state index contributed by atoms with van der Waals surface area (Å²) < 4.78 is 32.8. The van der Waals surface area contributed by atoms with Gasteiger partial charge in [-0.25, -0.2) is 13.4 Å². The molecule has 0 aliphatic rings.